The monoisotopic (exact) mass is 390 g/mol. The molecule has 0 amide bonds. The first-order chi connectivity index (χ1) is 9.63. The number of halogens is 1. The molecule has 1 N–H and O–H groups in total. The average Bonchev–Trinajstić information content (AvgIpc) is 2.46. The zero-order valence-electron chi connectivity index (χ0n) is 11.3. The largest absolute Gasteiger partial charge is 0.395 e. The minimum atomic E-state index is -0.329. The van der Waals surface area contributed by atoms with Crippen molar-refractivity contribution in [1.29, 1.82) is 0 Å². The minimum Gasteiger partial charge on any atom is -0.395 e. The summed E-state index contributed by atoms with van der Waals surface area (Å²) in [7, 11) is 0. The second-order valence-electron chi connectivity index (χ2n) is 5.10. The van der Waals surface area contributed by atoms with Crippen LogP contribution in [0.1, 0.15) is 32.1 Å². The van der Waals surface area contributed by atoms with Crippen LogP contribution in [0.3, 0.4) is 0 Å². The Hall–Kier alpha value is -0.890. The SMILES string of the molecule is O=[N+]([O-])c1cc(I)ccc1N(CCO)C1CCCCC1. The van der Waals surface area contributed by atoms with E-state index in [1.807, 2.05) is 17.0 Å². The molecular formula is C14H19IN2O3. The number of hydrogen-bond acceptors (Lipinski definition) is 4. The molecule has 0 heterocycles. The van der Waals surface area contributed by atoms with Crippen LogP contribution in [0.15, 0.2) is 18.2 Å². The standard InChI is InChI=1S/C14H19IN2O3/c15-11-6-7-13(14(10-11)17(19)20)16(8-9-18)12-4-2-1-3-5-12/h6-7,10,12,18H,1-5,8-9H2. The van der Waals surface area contributed by atoms with E-state index in [0.717, 1.165) is 29.3 Å². The highest BCUT2D eigenvalue weighted by Gasteiger charge is 2.26. The fourth-order valence-corrected chi connectivity index (χ4v) is 3.36. The molecule has 1 aliphatic rings. The molecule has 1 saturated carbocycles. The predicted octanol–water partition coefficient (Wildman–Crippen LogP) is 3.33. The van der Waals surface area contributed by atoms with E-state index in [1.54, 1.807) is 6.07 Å². The molecule has 1 aromatic carbocycles. The molecule has 110 valence electrons. The van der Waals surface area contributed by atoms with Crippen molar-refractivity contribution in [2.75, 3.05) is 18.1 Å². The highest BCUT2D eigenvalue weighted by Crippen LogP contribution is 2.34. The van der Waals surface area contributed by atoms with Crippen molar-refractivity contribution in [3.63, 3.8) is 0 Å². The Balaban J connectivity index is 2.35. The normalized spacial score (nSPS) is 16.1. The van der Waals surface area contributed by atoms with Crippen molar-refractivity contribution >= 4 is 34.0 Å². The number of benzene rings is 1. The summed E-state index contributed by atoms with van der Waals surface area (Å²) < 4.78 is 0.852. The van der Waals surface area contributed by atoms with Gasteiger partial charge in [0, 0.05) is 22.2 Å². The number of anilines is 1. The molecule has 0 saturated heterocycles. The van der Waals surface area contributed by atoms with Gasteiger partial charge in [-0.15, -0.1) is 0 Å². The van der Waals surface area contributed by atoms with Gasteiger partial charge in [0.05, 0.1) is 11.5 Å². The highest BCUT2D eigenvalue weighted by atomic mass is 127. The second-order valence-corrected chi connectivity index (χ2v) is 6.34. The number of nitro benzene ring substituents is 1. The van der Waals surface area contributed by atoms with Gasteiger partial charge >= 0.3 is 0 Å². The third kappa shape index (κ3) is 3.60. The fraction of sp³-hybridized carbons (Fsp3) is 0.571. The van der Waals surface area contributed by atoms with E-state index >= 15 is 0 Å². The van der Waals surface area contributed by atoms with E-state index in [-0.39, 0.29) is 17.2 Å². The Morgan fingerprint density at radius 3 is 2.65 bits per heavy atom. The summed E-state index contributed by atoms with van der Waals surface area (Å²) >= 11 is 2.08. The molecule has 0 unspecified atom stereocenters. The summed E-state index contributed by atoms with van der Waals surface area (Å²) in [5.74, 6) is 0. The lowest BCUT2D eigenvalue weighted by atomic mass is 9.93. The Labute approximate surface area is 132 Å². The fourth-order valence-electron chi connectivity index (χ4n) is 2.89. The maximum absolute atomic E-state index is 11.3. The van der Waals surface area contributed by atoms with Gasteiger partial charge in [0.15, 0.2) is 0 Å². The van der Waals surface area contributed by atoms with Crippen LogP contribution in [-0.4, -0.2) is 29.2 Å². The van der Waals surface area contributed by atoms with Crippen LogP contribution in [0.2, 0.25) is 0 Å². The Bertz CT molecular complexity index is 475. The van der Waals surface area contributed by atoms with E-state index in [0.29, 0.717) is 18.3 Å². The first-order valence-electron chi connectivity index (χ1n) is 6.95. The number of nitrogens with zero attached hydrogens (tertiary/aromatic N) is 2. The third-order valence-corrected chi connectivity index (χ3v) is 4.47. The Morgan fingerprint density at radius 2 is 2.05 bits per heavy atom. The van der Waals surface area contributed by atoms with Crippen LogP contribution >= 0.6 is 22.6 Å². The van der Waals surface area contributed by atoms with Gasteiger partial charge in [-0.25, -0.2) is 0 Å². The molecule has 6 heteroatoms. The van der Waals surface area contributed by atoms with E-state index in [4.69, 9.17) is 0 Å². The van der Waals surface area contributed by atoms with Gasteiger partial charge in [0.25, 0.3) is 5.69 Å². The van der Waals surface area contributed by atoms with Crippen molar-refractivity contribution in [3.05, 3.63) is 31.9 Å². The van der Waals surface area contributed by atoms with Gasteiger partial charge in [-0.1, -0.05) is 19.3 Å². The van der Waals surface area contributed by atoms with Crippen LogP contribution < -0.4 is 4.90 Å². The van der Waals surface area contributed by atoms with E-state index in [2.05, 4.69) is 22.6 Å². The number of aliphatic hydroxyl groups excluding tert-OH is 1. The molecule has 0 atom stereocenters. The summed E-state index contributed by atoms with van der Waals surface area (Å²) in [6.07, 6.45) is 5.64. The highest BCUT2D eigenvalue weighted by molar-refractivity contribution is 14.1. The van der Waals surface area contributed by atoms with Crippen molar-refractivity contribution in [1.82, 2.24) is 0 Å². The molecular weight excluding hydrogens is 371 g/mol. The zero-order chi connectivity index (χ0) is 14.5. The first-order valence-corrected chi connectivity index (χ1v) is 8.03. The molecule has 0 radical (unpaired) electrons. The lowest BCUT2D eigenvalue weighted by molar-refractivity contribution is -0.384. The summed E-state index contributed by atoms with van der Waals surface area (Å²) in [4.78, 5) is 13.0. The minimum absolute atomic E-state index is 0.0135. The van der Waals surface area contributed by atoms with Gasteiger partial charge in [-0.2, -0.15) is 0 Å². The molecule has 2 rings (SSSR count). The average molecular weight is 390 g/mol. The maximum atomic E-state index is 11.3. The molecule has 0 spiro atoms. The summed E-state index contributed by atoms with van der Waals surface area (Å²) in [5, 5.41) is 20.6. The Morgan fingerprint density at radius 1 is 1.35 bits per heavy atom. The van der Waals surface area contributed by atoms with Crippen LogP contribution in [0.5, 0.6) is 0 Å². The van der Waals surface area contributed by atoms with Crippen molar-refractivity contribution in [3.8, 4) is 0 Å². The molecule has 1 fully saturated rings. The van der Waals surface area contributed by atoms with Crippen LogP contribution in [0.4, 0.5) is 11.4 Å². The van der Waals surface area contributed by atoms with Gasteiger partial charge in [0.1, 0.15) is 5.69 Å². The molecule has 1 aliphatic carbocycles. The third-order valence-electron chi connectivity index (χ3n) is 3.80. The van der Waals surface area contributed by atoms with Crippen molar-refractivity contribution in [2.24, 2.45) is 0 Å². The van der Waals surface area contributed by atoms with Crippen LogP contribution in [0, 0.1) is 13.7 Å². The van der Waals surface area contributed by atoms with E-state index < -0.39 is 0 Å². The quantitative estimate of drug-likeness (QED) is 0.476. The molecule has 1 aromatic rings. The van der Waals surface area contributed by atoms with Crippen LogP contribution in [-0.2, 0) is 0 Å². The van der Waals surface area contributed by atoms with Gasteiger partial charge < -0.3 is 10.0 Å². The lowest BCUT2D eigenvalue weighted by Gasteiger charge is -2.35. The summed E-state index contributed by atoms with van der Waals surface area (Å²) in [6, 6.07) is 5.60. The molecule has 0 bridgehead atoms. The maximum Gasteiger partial charge on any atom is 0.293 e. The first kappa shape index (κ1) is 15.5. The van der Waals surface area contributed by atoms with Crippen molar-refractivity contribution < 1.29 is 10.0 Å². The van der Waals surface area contributed by atoms with Crippen LogP contribution in [0.25, 0.3) is 0 Å². The molecule has 0 aliphatic heterocycles. The van der Waals surface area contributed by atoms with E-state index in [1.165, 1.54) is 6.42 Å². The van der Waals surface area contributed by atoms with Gasteiger partial charge in [0.2, 0.25) is 0 Å². The van der Waals surface area contributed by atoms with Gasteiger partial charge in [-0.3, -0.25) is 10.1 Å². The Kier molecular flexibility index (Phi) is 5.59. The molecule has 0 aromatic heterocycles. The number of nitro groups is 1. The molecule has 20 heavy (non-hydrogen) atoms. The van der Waals surface area contributed by atoms with Crippen molar-refractivity contribution in [2.45, 2.75) is 38.1 Å². The number of hydrogen-bond donors (Lipinski definition) is 1. The smallest absolute Gasteiger partial charge is 0.293 e. The summed E-state index contributed by atoms with van der Waals surface area (Å²) in [6.45, 7) is 0.464. The topological polar surface area (TPSA) is 66.6 Å². The zero-order valence-corrected chi connectivity index (χ0v) is 13.5. The summed E-state index contributed by atoms with van der Waals surface area (Å²) in [5.41, 5.74) is 0.771. The van der Waals surface area contributed by atoms with Gasteiger partial charge in [-0.05, 0) is 47.6 Å². The second kappa shape index (κ2) is 7.21. The number of rotatable bonds is 5. The lowest BCUT2D eigenvalue weighted by Crippen LogP contribution is -2.39. The molecule has 5 nitrogen and oxygen atoms in total. The van der Waals surface area contributed by atoms with E-state index in [9.17, 15) is 15.2 Å². The predicted molar refractivity (Wildman–Crippen MR) is 87.1 cm³/mol. The number of aliphatic hydroxyl groups is 1.